The van der Waals surface area contributed by atoms with Crippen LogP contribution in [0.4, 0.5) is 13.2 Å². The lowest BCUT2D eigenvalue weighted by molar-refractivity contribution is -0.192. The van der Waals surface area contributed by atoms with Crippen LogP contribution in [-0.2, 0) is 11.8 Å². The van der Waals surface area contributed by atoms with Gasteiger partial charge in [-0.25, -0.2) is 14.8 Å². The second-order valence-electron chi connectivity index (χ2n) is 7.76. The number of nitrogens with zero attached hydrogens (tertiary/aromatic N) is 8. The van der Waals surface area contributed by atoms with E-state index >= 15 is 0 Å². The topological polar surface area (TPSA) is 151 Å². The van der Waals surface area contributed by atoms with Crippen LogP contribution in [0.1, 0.15) is 18.0 Å². The fourth-order valence-electron chi connectivity index (χ4n) is 3.55. The van der Waals surface area contributed by atoms with Crippen molar-refractivity contribution in [2.45, 2.75) is 18.6 Å². The fourth-order valence-corrected chi connectivity index (χ4v) is 3.55. The quantitative estimate of drug-likeness (QED) is 0.363. The summed E-state index contributed by atoms with van der Waals surface area (Å²) < 4.78 is 35.3. The maximum atomic E-state index is 10.6. The highest BCUT2D eigenvalue weighted by Crippen LogP contribution is 2.29. The first-order valence-electron chi connectivity index (χ1n) is 10.6. The molecule has 0 aliphatic carbocycles. The summed E-state index contributed by atoms with van der Waals surface area (Å²) >= 11 is 0. The van der Waals surface area contributed by atoms with Crippen LogP contribution in [0.3, 0.4) is 0 Å². The average molecular weight is 509 g/mol. The summed E-state index contributed by atoms with van der Waals surface area (Å²) in [5.74, 6) is -2.76. The predicted molar refractivity (Wildman–Crippen MR) is 124 cm³/mol. The molecule has 0 amide bonds. The zero-order valence-electron chi connectivity index (χ0n) is 19.1. The van der Waals surface area contributed by atoms with Crippen LogP contribution >= 0.6 is 0 Å². The molecule has 2 N–H and O–H groups in total. The van der Waals surface area contributed by atoms with Crippen molar-refractivity contribution in [2.75, 3.05) is 0 Å². The number of carboxylic acids is 1. The summed E-state index contributed by atoms with van der Waals surface area (Å²) in [7, 11) is 1.87. The van der Waals surface area contributed by atoms with E-state index in [1.807, 2.05) is 37.8 Å². The normalized spacial score (nSPS) is 12.0. The number of H-pyrrole nitrogens is 1. The molecule has 0 aromatic carbocycles. The predicted octanol–water partition coefficient (Wildman–Crippen LogP) is 3.75. The van der Waals surface area contributed by atoms with Crippen molar-refractivity contribution in [3.05, 3.63) is 67.4 Å². The number of fused-ring (bicyclic) bond motifs is 1. The number of nitriles is 1. The zero-order valence-corrected chi connectivity index (χ0v) is 19.1. The van der Waals surface area contributed by atoms with Gasteiger partial charge in [-0.1, -0.05) is 0 Å². The monoisotopic (exact) mass is 509 g/mol. The summed E-state index contributed by atoms with van der Waals surface area (Å²) in [6, 6.07) is 5.97. The number of aryl methyl sites for hydroxylation is 1. The Labute approximate surface area is 206 Å². The van der Waals surface area contributed by atoms with Crippen LogP contribution in [0, 0.1) is 11.3 Å². The van der Waals surface area contributed by atoms with Crippen molar-refractivity contribution in [1.29, 1.82) is 5.26 Å². The highest BCUT2D eigenvalue weighted by atomic mass is 19.4. The Morgan fingerprint density at radius 2 is 1.89 bits per heavy atom. The van der Waals surface area contributed by atoms with E-state index in [1.165, 1.54) is 6.33 Å². The Bertz CT molecular complexity index is 1580. The van der Waals surface area contributed by atoms with Crippen LogP contribution in [0.5, 0.6) is 0 Å². The highest BCUT2D eigenvalue weighted by Gasteiger charge is 2.38. The largest absolute Gasteiger partial charge is 0.490 e. The SMILES string of the molecule is Cn1cc(-c2cncc(C(CC#N)n3cc(-c4ncnc5[nH]ccc45)cn3)c2)cn1.O=C(O)C(F)(F)F. The van der Waals surface area contributed by atoms with Gasteiger partial charge < -0.3 is 10.1 Å². The van der Waals surface area contributed by atoms with Gasteiger partial charge in [0.15, 0.2) is 0 Å². The van der Waals surface area contributed by atoms with E-state index in [0.29, 0.717) is 0 Å². The molecule has 0 saturated carbocycles. The molecule has 0 radical (unpaired) electrons. The summed E-state index contributed by atoms with van der Waals surface area (Å²) in [5, 5.41) is 26.2. The Kier molecular flexibility index (Phi) is 6.96. The van der Waals surface area contributed by atoms with Crippen molar-refractivity contribution in [3.8, 4) is 28.5 Å². The van der Waals surface area contributed by atoms with E-state index in [0.717, 1.165) is 39.0 Å². The van der Waals surface area contributed by atoms with Gasteiger partial charge in [-0.3, -0.25) is 14.3 Å². The molecule has 14 heteroatoms. The second kappa shape index (κ2) is 10.3. The van der Waals surface area contributed by atoms with E-state index in [1.54, 1.807) is 34.2 Å². The fraction of sp³-hybridized carbons (Fsp3) is 0.174. The lowest BCUT2D eigenvalue weighted by Crippen LogP contribution is -2.21. The van der Waals surface area contributed by atoms with Crippen LogP contribution in [0.2, 0.25) is 0 Å². The molecule has 0 aliphatic rings. The van der Waals surface area contributed by atoms with Crippen molar-refractivity contribution < 1.29 is 23.1 Å². The maximum Gasteiger partial charge on any atom is 0.490 e. The maximum absolute atomic E-state index is 10.6. The molecule has 0 spiro atoms. The first kappa shape index (κ1) is 25.0. The number of carbonyl (C=O) groups is 1. The van der Waals surface area contributed by atoms with Crippen molar-refractivity contribution in [2.24, 2.45) is 7.05 Å². The van der Waals surface area contributed by atoms with Crippen molar-refractivity contribution in [3.63, 3.8) is 0 Å². The van der Waals surface area contributed by atoms with Gasteiger partial charge in [-0.2, -0.15) is 28.6 Å². The van der Waals surface area contributed by atoms with Crippen LogP contribution in [-0.4, -0.2) is 56.7 Å². The minimum Gasteiger partial charge on any atom is -0.475 e. The number of rotatable bonds is 5. The van der Waals surface area contributed by atoms with Gasteiger partial charge in [0.2, 0.25) is 0 Å². The highest BCUT2D eigenvalue weighted by molar-refractivity contribution is 5.90. The molecule has 5 heterocycles. The Balaban J connectivity index is 0.000000405. The smallest absolute Gasteiger partial charge is 0.475 e. The van der Waals surface area contributed by atoms with Crippen LogP contribution in [0.25, 0.3) is 33.4 Å². The number of hydrogen-bond donors (Lipinski definition) is 2. The number of nitrogens with one attached hydrogen (secondary N) is 1. The minimum absolute atomic E-state index is 0.267. The second-order valence-corrected chi connectivity index (χ2v) is 7.76. The number of aromatic amines is 1. The molecule has 0 saturated heterocycles. The summed E-state index contributed by atoms with van der Waals surface area (Å²) in [6.45, 7) is 0. The van der Waals surface area contributed by atoms with Gasteiger partial charge in [0.05, 0.1) is 36.6 Å². The van der Waals surface area contributed by atoms with Gasteiger partial charge >= 0.3 is 12.1 Å². The lowest BCUT2D eigenvalue weighted by Gasteiger charge is -2.15. The van der Waals surface area contributed by atoms with Crippen molar-refractivity contribution in [1.82, 2.24) is 39.5 Å². The third kappa shape index (κ3) is 5.61. The van der Waals surface area contributed by atoms with E-state index in [9.17, 15) is 18.4 Å². The van der Waals surface area contributed by atoms with Crippen molar-refractivity contribution >= 4 is 17.0 Å². The molecule has 1 unspecified atom stereocenters. The van der Waals surface area contributed by atoms with E-state index in [-0.39, 0.29) is 12.5 Å². The van der Waals surface area contributed by atoms with E-state index < -0.39 is 12.1 Å². The minimum atomic E-state index is -5.08. The first-order valence-corrected chi connectivity index (χ1v) is 10.6. The third-order valence-corrected chi connectivity index (χ3v) is 5.26. The number of pyridine rings is 1. The molecule has 37 heavy (non-hydrogen) atoms. The Hall–Kier alpha value is -5.06. The molecule has 5 aromatic rings. The standard InChI is InChI=1S/C21H17N9.C2HF3O2/c1-29-11-16(9-27-29)14-6-15(8-23-7-14)19(2-4-22)30-12-17(10-28-30)20-18-3-5-24-21(18)26-13-25-20;3-2(4,5)1(6)7/h3,5-13,19H,2H2,1H3,(H,24,25,26);(H,6,7). The third-order valence-electron chi connectivity index (χ3n) is 5.26. The average Bonchev–Trinajstić information content (AvgIpc) is 3.63. The van der Waals surface area contributed by atoms with E-state index in [4.69, 9.17) is 9.90 Å². The molecular weight excluding hydrogens is 491 g/mol. The van der Waals surface area contributed by atoms with Gasteiger partial charge in [-0.05, 0) is 17.7 Å². The zero-order chi connectivity index (χ0) is 26.6. The Morgan fingerprint density at radius 3 is 2.57 bits per heavy atom. The summed E-state index contributed by atoms with van der Waals surface area (Å²) in [6.07, 6.45) is 9.52. The number of carboxylic acid groups (broad SMARTS) is 1. The number of alkyl halides is 3. The number of halogens is 3. The molecule has 5 aromatic heterocycles. The number of aliphatic carboxylic acids is 1. The van der Waals surface area contributed by atoms with E-state index in [2.05, 4.69) is 36.2 Å². The molecule has 188 valence electrons. The van der Waals surface area contributed by atoms with Gasteiger partial charge in [0, 0.05) is 60.1 Å². The van der Waals surface area contributed by atoms with Gasteiger partial charge in [-0.15, -0.1) is 0 Å². The molecular formula is C23H18F3N9O2. The van der Waals surface area contributed by atoms with Gasteiger partial charge in [0.1, 0.15) is 12.0 Å². The first-order chi connectivity index (χ1) is 17.7. The molecule has 5 rings (SSSR count). The summed E-state index contributed by atoms with van der Waals surface area (Å²) in [5.41, 5.74) is 5.25. The molecule has 11 nitrogen and oxygen atoms in total. The number of hydrogen-bond acceptors (Lipinski definition) is 7. The molecule has 0 bridgehead atoms. The Morgan fingerprint density at radius 1 is 1.14 bits per heavy atom. The molecule has 0 aliphatic heterocycles. The number of aromatic nitrogens is 8. The summed E-state index contributed by atoms with van der Waals surface area (Å²) in [4.78, 5) is 25.0. The lowest BCUT2D eigenvalue weighted by atomic mass is 10.0. The molecule has 0 fully saturated rings. The van der Waals surface area contributed by atoms with Crippen LogP contribution < -0.4 is 0 Å². The van der Waals surface area contributed by atoms with Gasteiger partial charge in [0.25, 0.3) is 0 Å². The molecule has 1 atom stereocenters. The van der Waals surface area contributed by atoms with Crippen LogP contribution in [0.15, 0.2) is 61.8 Å².